The molecule has 0 spiro atoms. The molecule has 3 rings (SSSR count). The molecular formula is C12H16ClN3O. The average molecular weight is 254 g/mol. The standard InChI is InChI=1S/C12H16ClN3O/c1-15-5-9-7-16(8-10(6-15)17-9)12-4-14-3-2-11(12)13/h2-4,9-10H,5-8H2,1H3. The first-order valence-corrected chi connectivity index (χ1v) is 6.28. The zero-order chi connectivity index (χ0) is 11.8. The largest absolute Gasteiger partial charge is 0.369 e. The molecule has 2 aliphatic heterocycles. The Morgan fingerprint density at radius 1 is 1.29 bits per heavy atom. The van der Waals surface area contributed by atoms with Crippen LogP contribution in [0.2, 0.25) is 5.02 Å². The van der Waals surface area contributed by atoms with Gasteiger partial charge in [0.15, 0.2) is 0 Å². The molecule has 0 radical (unpaired) electrons. The number of ether oxygens (including phenoxy) is 1. The van der Waals surface area contributed by atoms with Crippen molar-refractivity contribution in [3.05, 3.63) is 23.5 Å². The van der Waals surface area contributed by atoms with E-state index in [2.05, 4.69) is 21.8 Å². The van der Waals surface area contributed by atoms with Crippen LogP contribution in [0.15, 0.2) is 18.5 Å². The first-order chi connectivity index (χ1) is 8.22. The van der Waals surface area contributed by atoms with Crippen LogP contribution in [-0.2, 0) is 4.74 Å². The SMILES string of the molecule is CN1CC2CN(c3cnccc3Cl)CC(C1)O2. The third-order valence-corrected chi connectivity index (χ3v) is 3.67. The van der Waals surface area contributed by atoms with Gasteiger partial charge in [0.1, 0.15) is 0 Å². The van der Waals surface area contributed by atoms with E-state index in [-0.39, 0.29) is 12.2 Å². The van der Waals surface area contributed by atoms with E-state index < -0.39 is 0 Å². The molecule has 2 unspecified atom stereocenters. The maximum absolute atomic E-state index is 6.21. The minimum absolute atomic E-state index is 0.281. The zero-order valence-electron chi connectivity index (χ0n) is 9.84. The van der Waals surface area contributed by atoms with Crippen LogP contribution in [0.1, 0.15) is 0 Å². The van der Waals surface area contributed by atoms with Gasteiger partial charge in [0.2, 0.25) is 0 Å². The Morgan fingerprint density at radius 2 is 2.00 bits per heavy atom. The summed E-state index contributed by atoms with van der Waals surface area (Å²) in [6, 6.07) is 1.84. The molecule has 4 nitrogen and oxygen atoms in total. The summed E-state index contributed by atoms with van der Waals surface area (Å²) < 4.78 is 5.94. The number of morpholine rings is 2. The lowest BCUT2D eigenvalue weighted by molar-refractivity contribution is -0.0875. The second-order valence-corrected chi connectivity index (χ2v) is 5.24. The number of aromatic nitrogens is 1. The summed E-state index contributed by atoms with van der Waals surface area (Å²) in [6.45, 7) is 3.77. The highest BCUT2D eigenvalue weighted by molar-refractivity contribution is 6.33. The van der Waals surface area contributed by atoms with E-state index in [1.54, 1.807) is 6.20 Å². The molecule has 2 aliphatic rings. The summed E-state index contributed by atoms with van der Waals surface area (Å²) in [5.74, 6) is 0. The summed E-state index contributed by atoms with van der Waals surface area (Å²) in [6.07, 6.45) is 4.13. The number of pyridine rings is 1. The number of rotatable bonds is 1. The van der Waals surface area contributed by atoms with Gasteiger partial charge in [-0.1, -0.05) is 11.6 Å². The van der Waals surface area contributed by atoms with Gasteiger partial charge < -0.3 is 14.5 Å². The van der Waals surface area contributed by atoms with Gasteiger partial charge >= 0.3 is 0 Å². The molecule has 1 aromatic heterocycles. The summed E-state index contributed by atoms with van der Waals surface area (Å²) in [5.41, 5.74) is 1.03. The van der Waals surface area contributed by atoms with Crippen molar-refractivity contribution in [3.8, 4) is 0 Å². The van der Waals surface area contributed by atoms with Crippen LogP contribution < -0.4 is 4.90 Å². The van der Waals surface area contributed by atoms with Gasteiger partial charge in [0.05, 0.1) is 29.1 Å². The average Bonchev–Trinajstić information content (AvgIpc) is 2.27. The zero-order valence-corrected chi connectivity index (χ0v) is 10.6. The second-order valence-electron chi connectivity index (χ2n) is 4.83. The van der Waals surface area contributed by atoms with Crippen molar-refractivity contribution in [2.24, 2.45) is 0 Å². The molecule has 0 aliphatic carbocycles. The van der Waals surface area contributed by atoms with Crippen LogP contribution in [0.3, 0.4) is 0 Å². The van der Waals surface area contributed by atoms with E-state index >= 15 is 0 Å². The number of halogens is 1. The van der Waals surface area contributed by atoms with Gasteiger partial charge in [0.25, 0.3) is 0 Å². The van der Waals surface area contributed by atoms with Crippen LogP contribution in [0.25, 0.3) is 0 Å². The molecule has 2 saturated heterocycles. The van der Waals surface area contributed by atoms with Crippen molar-refractivity contribution in [1.82, 2.24) is 9.88 Å². The Labute approximate surface area is 106 Å². The molecule has 3 heterocycles. The van der Waals surface area contributed by atoms with Crippen LogP contribution in [0.4, 0.5) is 5.69 Å². The van der Waals surface area contributed by atoms with E-state index in [1.165, 1.54) is 0 Å². The van der Waals surface area contributed by atoms with Crippen LogP contribution in [0.5, 0.6) is 0 Å². The summed E-state index contributed by atoms with van der Waals surface area (Å²) in [7, 11) is 2.15. The van der Waals surface area contributed by atoms with Crippen molar-refractivity contribution in [3.63, 3.8) is 0 Å². The predicted octanol–water partition coefficient (Wildman–Crippen LogP) is 1.25. The number of fused-ring (bicyclic) bond motifs is 2. The van der Waals surface area contributed by atoms with Gasteiger partial charge in [-0.15, -0.1) is 0 Å². The molecule has 92 valence electrons. The second kappa shape index (κ2) is 4.44. The fraction of sp³-hybridized carbons (Fsp3) is 0.583. The van der Waals surface area contributed by atoms with E-state index in [9.17, 15) is 0 Å². The molecule has 0 amide bonds. The lowest BCUT2D eigenvalue weighted by Gasteiger charge is -2.45. The highest BCUT2D eigenvalue weighted by Gasteiger charge is 2.34. The highest BCUT2D eigenvalue weighted by Crippen LogP contribution is 2.28. The monoisotopic (exact) mass is 253 g/mol. The Hall–Kier alpha value is -0.840. The lowest BCUT2D eigenvalue weighted by Crippen LogP contribution is -2.58. The first-order valence-electron chi connectivity index (χ1n) is 5.91. The van der Waals surface area contributed by atoms with Crippen molar-refractivity contribution in [2.45, 2.75) is 12.2 Å². The molecule has 2 atom stereocenters. The molecule has 2 bridgehead atoms. The molecule has 0 N–H and O–H groups in total. The third-order valence-electron chi connectivity index (χ3n) is 3.35. The van der Waals surface area contributed by atoms with Crippen LogP contribution >= 0.6 is 11.6 Å². The van der Waals surface area contributed by atoms with Crippen molar-refractivity contribution < 1.29 is 4.74 Å². The first kappa shape index (κ1) is 11.3. The number of nitrogens with zero attached hydrogens (tertiary/aromatic N) is 3. The van der Waals surface area contributed by atoms with Gasteiger partial charge in [-0.05, 0) is 13.1 Å². The van der Waals surface area contributed by atoms with E-state index in [4.69, 9.17) is 16.3 Å². The molecular weight excluding hydrogens is 238 g/mol. The summed E-state index contributed by atoms with van der Waals surface area (Å²) in [5, 5.41) is 0.772. The van der Waals surface area contributed by atoms with Crippen LogP contribution in [0, 0.1) is 0 Å². The summed E-state index contributed by atoms with van der Waals surface area (Å²) in [4.78, 5) is 8.78. The Balaban J connectivity index is 1.80. The van der Waals surface area contributed by atoms with Crippen molar-refractivity contribution >= 4 is 17.3 Å². The molecule has 2 fully saturated rings. The lowest BCUT2D eigenvalue weighted by atomic mass is 10.1. The number of anilines is 1. The normalized spacial score (nSPS) is 29.4. The maximum Gasteiger partial charge on any atom is 0.0881 e. The molecule has 0 saturated carbocycles. The number of hydrogen-bond donors (Lipinski definition) is 0. The van der Waals surface area contributed by atoms with Crippen LogP contribution in [-0.4, -0.2) is 55.3 Å². The van der Waals surface area contributed by atoms with Gasteiger partial charge in [-0.25, -0.2) is 0 Å². The van der Waals surface area contributed by atoms with E-state index in [1.807, 2.05) is 12.3 Å². The molecule has 17 heavy (non-hydrogen) atoms. The van der Waals surface area contributed by atoms with Crippen molar-refractivity contribution in [2.75, 3.05) is 38.1 Å². The maximum atomic E-state index is 6.21. The molecule has 5 heteroatoms. The van der Waals surface area contributed by atoms with E-state index in [0.717, 1.165) is 36.9 Å². The minimum Gasteiger partial charge on any atom is -0.369 e. The fourth-order valence-electron chi connectivity index (χ4n) is 2.69. The quantitative estimate of drug-likeness (QED) is 0.753. The topological polar surface area (TPSA) is 28.6 Å². The van der Waals surface area contributed by atoms with E-state index in [0.29, 0.717) is 0 Å². The minimum atomic E-state index is 0.281. The van der Waals surface area contributed by atoms with Gasteiger partial charge in [-0.2, -0.15) is 0 Å². The van der Waals surface area contributed by atoms with Crippen molar-refractivity contribution in [1.29, 1.82) is 0 Å². The Bertz CT molecular complexity index is 396. The fourth-order valence-corrected chi connectivity index (χ4v) is 2.92. The number of hydrogen-bond acceptors (Lipinski definition) is 4. The molecule has 0 aromatic carbocycles. The smallest absolute Gasteiger partial charge is 0.0881 e. The predicted molar refractivity (Wildman–Crippen MR) is 67.6 cm³/mol. The Kier molecular flexibility index (Phi) is 2.94. The van der Waals surface area contributed by atoms with Gasteiger partial charge in [0, 0.05) is 32.4 Å². The number of likely N-dealkylation sites (N-methyl/N-ethyl adjacent to an activating group) is 1. The van der Waals surface area contributed by atoms with Gasteiger partial charge in [-0.3, -0.25) is 4.98 Å². The third kappa shape index (κ3) is 2.25. The summed E-state index contributed by atoms with van der Waals surface area (Å²) >= 11 is 6.21. The molecule has 1 aromatic rings. The Morgan fingerprint density at radius 3 is 2.65 bits per heavy atom. The highest BCUT2D eigenvalue weighted by atomic mass is 35.5.